The van der Waals surface area contributed by atoms with Gasteiger partial charge in [0.2, 0.25) is 0 Å². The predicted octanol–water partition coefficient (Wildman–Crippen LogP) is 2.75. The van der Waals surface area contributed by atoms with E-state index < -0.39 is 0 Å². The van der Waals surface area contributed by atoms with Crippen LogP contribution in [0.2, 0.25) is 4.82 Å². The van der Waals surface area contributed by atoms with Crippen LogP contribution in [0.25, 0.3) is 0 Å². The van der Waals surface area contributed by atoms with Gasteiger partial charge in [0.05, 0.1) is 0 Å². The van der Waals surface area contributed by atoms with Crippen LogP contribution in [-0.2, 0) is 11.2 Å². The molecule has 0 spiro atoms. The van der Waals surface area contributed by atoms with Gasteiger partial charge in [0.1, 0.15) is 0 Å². The van der Waals surface area contributed by atoms with Crippen molar-refractivity contribution in [1.29, 1.82) is 0 Å². The maximum absolute atomic E-state index is 5.74. The molecule has 0 amide bonds. The number of benzene rings is 2. The molecule has 0 bridgehead atoms. The van der Waals surface area contributed by atoms with Crippen LogP contribution in [0.15, 0.2) is 54.6 Å². The van der Waals surface area contributed by atoms with Crippen molar-refractivity contribution in [3.8, 4) is 0 Å². The van der Waals surface area contributed by atoms with Crippen molar-refractivity contribution in [2.75, 3.05) is 7.11 Å². The van der Waals surface area contributed by atoms with Crippen molar-refractivity contribution in [2.45, 2.75) is 17.3 Å². The SMILES string of the molecule is CO[C@H]1c2ccccc2C[C@@H]1[Se]c1ccccc1. The monoisotopic (exact) mass is 304 g/mol. The van der Waals surface area contributed by atoms with E-state index in [1.165, 1.54) is 15.6 Å². The first kappa shape index (κ1) is 12.0. The van der Waals surface area contributed by atoms with E-state index in [9.17, 15) is 0 Å². The Bertz CT molecular complexity index is 524. The van der Waals surface area contributed by atoms with Crippen LogP contribution in [0, 0.1) is 0 Å². The summed E-state index contributed by atoms with van der Waals surface area (Å²) in [5.41, 5.74) is 2.86. The summed E-state index contributed by atoms with van der Waals surface area (Å²) in [5, 5.41) is 0. The Morgan fingerprint density at radius 3 is 2.50 bits per heavy atom. The van der Waals surface area contributed by atoms with Gasteiger partial charge in [-0.25, -0.2) is 0 Å². The fraction of sp³-hybridized carbons (Fsp3) is 0.250. The van der Waals surface area contributed by atoms with Gasteiger partial charge in [0.25, 0.3) is 0 Å². The molecule has 0 aliphatic heterocycles. The molecule has 2 aromatic rings. The van der Waals surface area contributed by atoms with E-state index in [0.29, 0.717) is 19.8 Å². The van der Waals surface area contributed by atoms with Gasteiger partial charge in [0.15, 0.2) is 0 Å². The Balaban J connectivity index is 1.83. The Labute approximate surface area is 114 Å². The molecule has 1 nitrogen and oxygen atoms in total. The number of hydrogen-bond acceptors (Lipinski definition) is 1. The summed E-state index contributed by atoms with van der Waals surface area (Å²) >= 11 is 0.473. The van der Waals surface area contributed by atoms with Crippen molar-refractivity contribution < 1.29 is 4.74 Å². The molecular weight excluding hydrogens is 287 g/mol. The average Bonchev–Trinajstić information content (AvgIpc) is 2.77. The normalized spacial score (nSPS) is 21.8. The van der Waals surface area contributed by atoms with Crippen molar-refractivity contribution in [2.24, 2.45) is 0 Å². The molecule has 0 fully saturated rings. The molecule has 0 saturated carbocycles. The third kappa shape index (κ3) is 2.24. The maximum atomic E-state index is 5.74. The van der Waals surface area contributed by atoms with Crippen molar-refractivity contribution in [1.82, 2.24) is 0 Å². The van der Waals surface area contributed by atoms with Gasteiger partial charge in [0, 0.05) is 0 Å². The second-order valence-corrected chi connectivity index (χ2v) is 7.28. The van der Waals surface area contributed by atoms with Crippen molar-refractivity contribution in [3.63, 3.8) is 0 Å². The van der Waals surface area contributed by atoms with E-state index in [1.54, 1.807) is 0 Å². The fourth-order valence-corrected chi connectivity index (χ4v) is 5.32. The van der Waals surface area contributed by atoms with Gasteiger partial charge in [-0.3, -0.25) is 0 Å². The second-order valence-electron chi connectivity index (χ2n) is 4.53. The minimum absolute atomic E-state index is 0.279. The van der Waals surface area contributed by atoms with Gasteiger partial charge >= 0.3 is 114 Å². The van der Waals surface area contributed by atoms with Crippen molar-refractivity contribution >= 4 is 19.4 Å². The minimum atomic E-state index is 0.279. The van der Waals surface area contributed by atoms with Gasteiger partial charge in [-0.05, 0) is 0 Å². The zero-order chi connectivity index (χ0) is 12.4. The third-order valence-electron chi connectivity index (χ3n) is 3.40. The Morgan fingerprint density at radius 1 is 1.00 bits per heavy atom. The first-order valence-electron chi connectivity index (χ1n) is 6.21. The number of fused-ring (bicyclic) bond motifs is 1. The number of hydrogen-bond donors (Lipinski definition) is 0. The number of methoxy groups -OCH3 is 1. The molecule has 2 aromatic carbocycles. The summed E-state index contributed by atoms with van der Waals surface area (Å²) in [6, 6.07) is 19.5. The molecular formula is C16H16OSe. The molecule has 0 unspecified atom stereocenters. The van der Waals surface area contributed by atoms with E-state index in [4.69, 9.17) is 4.74 Å². The first-order chi connectivity index (χ1) is 8.88. The number of rotatable bonds is 3. The van der Waals surface area contributed by atoms with Crippen LogP contribution in [0.3, 0.4) is 0 Å². The predicted molar refractivity (Wildman–Crippen MR) is 75.5 cm³/mol. The van der Waals surface area contributed by atoms with Gasteiger partial charge in [-0.1, -0.05) is 0 Å². The van der Waals surface area contributed by atoms with E-state index in [0.717, 1.165) is 6.42 Å². The zero-order valence-corrected chi connectivity index (χ0v) is 12.1. The van der Waals surface area contributed by atoms with Crippen LogP contribution in [0.1, 0.15) is 17.2 Å². The summed E-state index contributed by atoms with van der Waals surface area (Å²) in [5.74, 6) is 0. The molecule has 2 atom stereocenters. The third-order valence-corrected chi connectivity index (χ3v) is 6.05. The van der Waals surface area contributed by atoms with E-state index in [2.05, 4.69) is 54.6 Å². The second kappa shape index (κ2) is 5.27. The Kier molecular flexibility index (Phi) is 3.51. The fourth-order valence-electron chi connectivity index (χ4n) is 2.58. The summed E-state index contributed by atoms with van der Waals surface area (Å²) in [6.45, 7) is 0. The molecule has 92 valence electrons. The zero-order valence-electron chi connectivity index (χ0n) is 10.4. The molecule has 0 N–H and O–H groups in total. The molecule has 1 aliphatic rings. The first-order valence-corrected chi connectivity index (χ1v) is 8.05. The van der Waals surface area contributed by atoms with Crippen molar-refractivity contribution in [3.05, 3.63) is 65.7 Å². The molecule has 18 heavy (non-hydrogen) atoms. The molecule has 2 heteroatoms. The molecule has 1 aliphatic carbocycles. The van der Waals surface area contributed by atoms with Crippen LogP contribution in [-0.4, -0.2) is 22.1 Å². The quantitative estimate of drug-likeness (QED) is 0.792. The molecule has 0 heterocycles. The van der Waals surface area contributed by atoms with E-state index >= 15 is 0 Å². The van der Waals surface area contributed by atoms with Crippen LogP contribution >= 0.6 is 0 Å². The van der Waals surface area contributed by atoms with Crippen LogP contribution < -0.4 is 4.46 Å². The van der Waals surface area contributed by atoms with E-state index in [1.807, 2.05) is 7.11 Å². The molecule has 0 radical (unpaired) electrons. The summed E-state index contributed by atoms with van der Waals surface area (Å²) in [6.07, 6.45) is 1.44. The average molecular weight is 303 g/mol. The Morgan fingerprint density at radius 2 is 1.72 bits per heavy atom. The van der Waals surface area contributed by atoms with E-state index in [-0.39, 0.29) is 6.10 Å². The number of ether oxygens (including phenoxy) is 1. The summed E-state index contributed by atoms with van der Waals surface area (Å²) in [4.78, 5) is 0.627. The van der Waals surface area contributed by atoms with Gasteiger partial charge < -0.3 is 0 Å². The standard InChI is InChI=1S/C16H16OSe/c1-17-16-14-10-6-5-7-12(14)11-15(16)18-13-8-3-2-4-9-13/h2-10,15-16H,11H2,1H3/t15-,16-/m0/s1. The Hall–Kier alpha value is -1.08. The van der Waals surface area contributed by atoms with Gasteiger partial charge in [-0.15, -0.1) is 0 Å². The topological polar surface area (TPSA) is 9.23 Å². The molecule has 0 saturated heterocycles. The summed E-state index contributed by atoms with van der Waals surface area (Å²) in [7, 11) is 1.83. The molecule has 0 aromatic heterocycles. The molecule has 3 rings (SSSR count). The van der Waals surface area contributed by atoms with Gasteiger partial charge in [-0.2, -0.15) is 0 Å². The van der Waals surface area contributed by atoms with Crippen LogP contribution in [0.5, 0.6) is 0 Å². The van der Waals surface area contributed by atoms with Crippen LogP contribution in [0.4, 0.5) is 0 Å². The summed E-state index contributed by atoms with van der Waals surface area (Å²) < 4.78 is 7.20.